The standard InChI is InChI=1S/C22H21Cl2N3O9/c1-35-21(31)13-7-12(8-15(9-13)27(33)34)20(30)26-22(32)25-14-10-16(23)19(17(24)11-14)36-6-4-2-3-5-18(28)29/h7-11H,2-6H2,1H3,(H,28,29)(H2,25,26,30,32). The molecule has 0 aliphatic rings. The molecular weight excluding hydrogens is 521 g/mol. The monoisotopic (exact) mass is 541 g/mol. The lowest BCUT2D eigenvalue weighted by molar-refractivity contribution is -0.384. The molecule has 12 nitrogen and oxygen atoms in total. The van der Waals surface area contributed by atoms with E-state index in [0.29, 0.717) is 19.3 Å². The van der Waals surface area contributed by atoms with Crippen LogP contribution in [0.5, 0.6) is 5.75 Å². The zero-order valence-electron chi connectivity index (χ0n) is 18.8. The number of ether oxygens (including phenoxy) is 2. The normalized spacial score (nSPS) is 10.3. The number of aliphatic carboxylic acids is 1. The summed E-state index contributed by atoms with van der Waals surface area (Å²) in [5, 5.41) is 24.2. The Kier molecular flexibility index (Phi) is 10.4. The SMILES string of the molecule is COC(=O)c1cc(C(=O)NC(=O)Nc2cc(Cl)c(OCCCCCC(=O)O)c(Cl)c2)cc([N+](=O)[O-])c1. The first-order valence-corrected chi connectivity index (χ1v) is 11.1. The minimum Gasteiger partial charge on any atom is -0.490 e. The van der Waals surface area contributed by atoms with Gasteiger partial charge in [-0.1, -0.05) is 23.2 Å². The summed E-state index contributed by atoms with van der Waals surface area (Å²) in [5.74, 6) is -2.61. The smallest absolute Gasteiger partial charge is 0.338 e. The van der Waals surface area contributed by atoms with Gasteiger partial charge in [-0.05, 0) is 37.5 Å². The number of non-ortho nitro benzene ring substituents is 1. The maximum atomic E-state index is 12.5. The molecule has 2 aromatic carbocycles. The maximum Gasteiger partial charge on any atom is 0.338 e. The van der Waals surface area contributed by atoms with E-state index in [1.165, 1.54) is 12.1 Å². The van der Waals surface area contributed by atoms with Gasteiger partial charge < -0.3 is 19.9 Å². The molecule has 3 N–H and O–H groups in total. The lowest BCUT2D eigenvalue weighted by Gasteiger charge is -2.13. The average Bonchev–Trinajstić information content (AvgIpc) is 2.81. The number of urea groups is 1. The van der Waals surface area contributed by atoms with Crippen molar-refractivity contribution in [3.8, 4) is 5.75 Å². The Hall–Kier alpha value is -3.90. The van der Waals surface area contributed by atoms with E-state index in [0.717, 1.165) is 25.3 Å². The number of unbranched alkanes of at least 4 members (excludes halogenated alkanes) is 2. The summed E-state index contributed by atoms with van der Waals surface area (Å²) in [6.45, 7) is 0.248. The molecule has 0 saturated carbocycles. The Bertz CT molecular complexity index is 1160. The molecule has 0 saturated heterocycles. The molecule has 14 heteroatoms. The van der Waals surface area contributed by atoms with Crippen molar-refractivity contribution in [3.05, 3.63) is 61.6 Å². The fourth-order valence-corrected chi connectivity index (χ4v) is 3.52. The van der Waals surface area contributed by atoms with Crippen LogP contribution in [0.3, 0.4) is 0 Å². The molecule has 0 aliphatic carbocycles. The maximum absolute atomic E-state index is 12.5. The van der Waals surface area contributed by atoms with E-state index in [4.69, 9.17) is 33.0 Å². The van der Waals surface area contributed by atoms with Gasteiger partial charge in [0.15, 0.2) is 5.75 Å². The van der Waals surface area contributed by atoms with E-state index < -0.39 is 34.5 Å². The molecule has 2 aromatic rings. The number of benzene rings is 2. The first-order chi connectivity index (χ1) is 17.0. The highest BCUT2D eigenvalue weighted by Crippen LogP contribution is 2.36. The number of halogens is 2. The number of carbonyl (C=O) groups excluding carboxylic acids is 3. The topological polar surface area (TPSA) is 174 Å². The Morgan fingerprint density at radius 3 is 2.22 bits per heavy atom. The van der Waals surface area contributed by atoms with Crippen molar-refractivity contribution < 1.29 is 38.7 Å². The minimum atomic E-state index is -1.01. The summed E-state index contributed by atoms with van der Waals surface area (Å²) < 4.78 is 10.1. The van der Waals surface area contributed by atoms with Gasteiger partial charge in [0.1, 0.15) is 0 Å². The molecule has 0 fully saturated rings. The second-order valence-corrected chi connectivity index (χ2v) is 8.06. The molecule has 0 unspecified atom stereocenters. The van der Waals surface area contributed by atoms with Crippen molar-refractivity contribution >= 4 is 58.5 Å². The lowest BCUT2D eigenvalue weighted by Crippen LogP contribution is -2.34. The minimum absolute atomic E-state index is 0.0695. The zero-order chi connectivity index (χ0) is 26.8. The van der Waals surface area contributed by atoms with Gasteiger partial charge in [0.2, 0.25) is 0 Å². The number of esters is 1. The van der Waals surface area contributed by atoms with E-state index in [9.17, 15) is 29.3 Å². The summed E-state index contributed by atoms with van der Waals surface area (Å²) in [4.78, 5) is 57.3. The predicted octanol–water partition coefficient (Wildman–Crippen LogP) is 4.67. The summed E-state index contributed by atoms with van der Waals surface area (Å²) in [7, 11) is 1.07. The van der Waals surface area contributed by atoms with Gasteiger partial charge in [-0.2, -0.15) is 0 Å². The highest BCUT2D eigenvalue weighted by Gasteiger charge is 2.20. The number of carboxylic acids is 1. The number of rotatable bonds is 11. The largest absolute Gasteiger partial charge is 0.490 e. The summed E-state index contributed by atoms with van der Waals surface area (Å²) >= 11 is 12.4. The van der Waals surface area contributed by atoms with Crippen LogP contribution in [0.1, 0.15) is 46.4 Å². The van der Waals surface area contributed by atoms with Gasteiger partial charge in [-0.25, -0.2) is 9.59 Å². The number of methoxy groups -OCH3 is 1. The van der Waals surface area contributed by atoms with Gasteiger partial charge in [-0.15, -0.1) is 0 Å². The number of amides is 3. The number of carbonyl (C=O) groups is 4. The van der Waals surface area contributed by atoms with E-state index in [1.807, 2.05) is 5.32 Å². The number of hydrogen-bond acceptors (Lipinski definition) is 8. The number of carboxylic acid groups (broad SMARTS) is 1. The number of nitro benzene ring substituents is 1. The molecule has 0 aromatic heterocycles. The first-order valence-electron chi connectivity index (χ1n) is 10.4. The summed E-state index contributed by atoms with van der Waals surface area (Å²) in [6.07, 6.45) is 1.80. The van der Waals surface area contributed by atoms with Crippen LogP contribution in [0.15, 0.2) is 30.3 Å². The predicted molar refractivity (Wildman–Crippen MR) is 129 cm³/mol. The van der Waals surface area contributed by atoms with Crippen LogP contribution in [0.4, 0.5) is 16.2 Å². The van der Waals surface area contributed by atoms with Crippen molar-refractivity contribution in [2.45, 2.75) is 25.7 Å². The quantitative estimate of drug-likeness (QED) is 0.158. The molecule has 192 valence electrons. The van der Waals surface area contributed by atoms with Gasteiger partial charge in [-0.3, -0.25) is 25.0 Å². The second kappa shape index (κ2) is 13.3. The van der Waals surface area contributed by atoms with Crippen molar-refractivity contribution in [3.63, 3.8) is 0 Å². The highest BCUT2D eigenvalue weighted by atomic mass is 35.5. The third-order valence-corrected chi connectivity index (χ3v) is 5.14. The van der Waals surface area contributed by atoms with Crippen LogP contribution < -0.4 is 15.4 Å². The molecule has 3 amide bonds. The highest BCUT2D eigenvalue weighted by molar-refractivity contribution is 6.37. The number of imide groups is 1. The van der Waals surface area contributed by atoms with E-state index in [-0.39, 0.29) is 45.6 Å². The lowest BCUT2D eigenvalue weighted by atomic mass is 10.1. The molecular formula is C22H21Cl2N3O9. The number of nitrogens with one attached hydrogen (secondary N) is 2. The van der Waals surface area contributed by atoms with Crippen LogP contribution in [0.25, 0.3) is 0 Å². The van der Waals surface area contributed by atoms with E-state index >= 15 is 0 Å². The molecule has 0 radical (unpaired) electrons. The van der Waals surface area contributed by atoms with Crippen LogP contribution in [-0.2, 0) is 9.53 Å². The molecule has 0 aliphatic heterocycles. The van der Waals surface area contributed by atoms with Gasteiger partial charge >= 0.3 is 18.0 Å². The average molecular weight is 542 g/mol. The summed E-state index contributed by atoms with van der Waals surface area (Å²) in [6, 6.07) is 4.55. The van der Waals surface area contributed by atoms with Crippen molar-refractivity contribution in [2.75, 3.05) is 19.0 Å². The van der Waals surface area contributed by atoms with E-state index in [1.54, 1.807) is 0 Å². The van der Waals surface area contributed by atoms with Crippen LogP contribution >= 0.6 is 23.2 Å². The molecule has 0 heterocycles. The fraction of sp³-hybridized carbons (Fsp3) is 0.273. The fourth-order valence-electron chi connectivity index (χ4n) is 2.92. The Labute approximate surface area is 214 Å². The van der Waals surface area contributed by atoms with Crippen LogP contribution in [0, 0.1) is 10.1 Å². The van der Waals surface area contributed by atoms with Gasteiger partial charge in [0.25, 0.3) is 11.6 Å². The van der Waals surface area contributed by atoms with Crippen LogP contribution in [0.2, 0.25) is 10.0 Å². The Morgan fingerprint density at radius 1 is 1.00 bits per heavy atom. The second-order valence-electron chi connectivity index (χ2n) is 7.25. The number of anilines is 1. The van der Waals surface area contributed by atoms with Crippen molar-refractivity contribution in [1.82, 2.24) is 5.32 Å². The zero-order valence-corrected chi connectivity index (χ0v) is 20.4. The Morgan fingerprint density at radius 2 is 1.64 bits per heavy atom. The first kappa shape index (κ1) is 28.3. The number of hydrogen-bond donors (Lipinski definition) is 3. The number of nitro groups is 1. The molecule has 2 rings (SSSR count). The van der Waals surface area contributed by atoms with Crippen LogP contribution in [-0.4, -0.2) is 47.6 Å². The van der Waals surface area contributed by atoms with Crippen molar-refractivity contribution in [1.29, 1.82) is 0 Å². The third kappa shape index (κ3) is 8.40. The van der Waals surface area contributed by atoms with E-state index in [2.05, 4.69) is 10.1 Å². The summed E-state index contributed by atoms with van der Waals surface area (Å²) in [5.41, 5.74) is -0.978. The molecule has 0 bridgehead atoms. The van der Waals surface area contributed by atoms with Gasteiger partial charge in [0, 0.05) is 29.8 Å². The van der Waals surface area contributed by atoms with Crippen molar-refractivity contribution in [2.24, 2.45) is 0 Å². The number of nitrogens with zero attached hydrogens (tertiary/aromatic N) is 1. The molecule has 0 spiro atoms. The Balaban J connectivity index is 2.02. The molecule has 36 heavy (non-hydrogen) atoms. The third-order valence-electron chi connectivity index (χ3n) is 4.58. The molecule has 0 atom stereocenters. The van der Waals surface area contributed by atoms with Gasteiger partial charge in [0.05, 0.1) is 34.2 Å².